The first kappa shape index (κ1) is 20.2. The summed E-state index contributed by atoms with van der Waals surface area (Å²) < 4.78 is 2.26. The molecule has 3 heterocycles. The molecule has 5 aromatic rings. The first-order chi connectivity index (χ1) is 15.4. The molecule has 2 aromatic carbocycles. The van der Waals surface area contributed by atoms with Crippen molar-refractivity contribution in [1.82, 2.24) is 14.5 Å². The lowest BCUT2D eigenvalue weighted by Gasteiger charge is -2.10. The summed E-state index contributed by atoms with van der Waals surface area (Å²) in [6.07, 6.45) is 0. The Morgan fingerprint density at radius 1 is 0.875 bits per heavy atom. The van der Waals surface area contributed by atoms with Gasteiger partial charge in [0.15, 0.2) is 0 Å². The number of hydrogen-bond acceptors (Lipinski definition) is 6. The van der Waals surface area contributed by atoms with E-state index in [0.29, 0.717) is 21.7 Å². The molecule has 0 N–H and O–H groups in total. The first-order valence-electron chi connectivity index (χ1n) is 10.3. The number of fused-ring (bicyclic) bond motifs is 3. The van der Waals surface area contributed by atoms with Crippen LogP contribution < -0.4 is 5.56 Å². The number of hydrogen-bond donors (Lipinski definition) is 0. The van der Waals surface area contributed by atoms with Gasteiger partial charge < -0.3 is 0 Å². The Kier molecular flexibility index (Phi) is 4.90. The summed E-state index contributed by atoms with van der Waals surface area (Å²) in [4.78, 5) is 23.8. The highest BCUT2D eigenvalue weighted by molar-refractivity contribution is 7.25. The fourth-order valence-corrected chi connectivity index (χ4v) is 5.03. The highest BCUT2D eigenvalue weighted by Crippen LogP contribution is 2.38. The molecule has 3 aromatic heterocycles. The van der Waals surface area contributed by atoms with Crippen molar-refractivity contribution >= 4 is 43.1 Å². The Morgan fingerprint density at radius 2 is 1.59 bits per heavy atom. The molecule has 0 fully saturated rings. The van der Waals surface area contributed by atoms with E-state index in [9.17, 15) is 4.79 Å². The largest absolute Gasteiger partial charge is 0.276 e. The van der Waals surface area contributed by atoms with Gasteiger partial charge in [0.25, 0.3) is 5.56 Å². The number of rotatable bonds is 3. The van der Waals surface area contributed by atoms with Crippen LogP contribution in [0.1, 0.15) is 22.6 Å². The van der Waals surface area contributed by atoms with E-state index in [1.54, 1.807) is 4.57 Å². The van der Waals surface area contributed by atoms with E-state index in [1.165, 1.54) is 11.3 Å². The Morgan fingerprint density at radius 3 is 2.31 bits per heavy atom. The van der Waals surface area contributed by atoms with Crippen molar-refractivity contribution in [2.24, 2.45) is 10.2 Å². The summed E-state index contributed by atoms with van der Waals surface area (Å²) in [5, 5.41) is 9.72. The number of aromatic nitrogens is 3. The molecule has 0 spiro atoms. The van der Waals surface area contributed by atoms with Gasteiger partial charge in [-0.2, -0.15) is 5.11 Å². The van der Waals surface area contributed by atoms with Crippen LogP contribution >= 0.6 is 11.3 Å². The predicted octanol–water partition coefficient (Wildman–Crippen LogP) is 6.64. The zero-order chi connectivity index (χ0) is 22.4. The van der Waals surface area contributed by atoms with Gasteiger partial charge in [0, 0.05) is 5.39 Å². The second kappa shape index (κ2) is 7.76. The van der Waals surface area contributed by atoms with Crippen molar-refractivity contribution in [3.8, 4) is 5.69 Å². The molecule has 0 amide bonds. The van der Waals surface area contributed by atoms with E-state index < -0.39 is 0 Å². The number of aryl methyl sites for hydroxylation is 4. The minimum atomic E-state index is -0.0798. The van der Waals surface area contributed by atoms with Crippen LogP contribution in [0, 0.1) is 27.7 Å². The molecule has 0 aliphatic rings. The van der Waals surface area contributed by atoms with Gasteiger partial charge in [-0.15, -0.1) is 16.5 Å². The molecule has 0 unspecified atom stereocenters. The summed E-state index contributed by atoms with van der Waals surface area (Å²) >= 11 is 1.38. The molecule has 0 aliphatic carbocycles. The number of benzene rings is 2. The molecule has 0 aliphatic heterocycles. The van der Waals surface area contributed by atoms with E-state index in [4.69, 9.17) is 9.97 Å². The van der Waals surface area contributed by atoms with Crippen LogP contribution in [0.4, 0.5) is 11.4 Å². The van der Waals surface area contributed by atoms with E-state index >= 15 is 0 Å². The van der Waals surface area contributed by atoms with Crippen molar-refractivity contribution in [1.29, 1.82) is 0 Å². The van der Waals surface area contributed by atoms with Gasteiger partial charge in [0.2, 0.25) is 0 Å². The highest BCUT2D eigenvalue weighted by atomic mass is 32.1. The molecule has 32 heavy (non-hydrogen) atoms. The number of nitrogens with zero attached hydrogens (tertiary/aromatic N) is 5. The lowest BCUT2D eigenvalue weighted by atomic mass is 10.1. The monoisotopic (exact) mass is 439 g/mol. The molecular formula is C25H21N5OS. The molecule has 0 atom stereocenters. The third-order valence-corrected chi connectivity index (χ3v) is 6.58. The standard InChI is InChI=1S/C25H21N5OS/c1-14-10-12-19(13-11-14)30-17(4)27-22-20-15(2)21(29-28-18-8-6-5-7-9-18)16(3)26-24(20)32-23(22)25(30)31/h5-13H,1-4H3. The Balaban J connectivity index is 1.74. The molecule has 7 heteroatoms. The van der Waals surface area contributed by atoms with Crippen LogP contribution in [0.2, 0.25) is 0 Å². The van der Waals surface area contributed by atoms with E-state index in [2.05, 4.69) is 10.2 Å². The highest BCUT2D eigenvalue weighted by Gasteiger charge is 2.20. The normalized spacial score (nSPS) is 11.8. The maximum absolute atomic E-state index is 13.5. The van der Waals surface area contributed by atoms with Crippen LogP contribution in [0.3, 0.4) is 0 Å². The SMILES string of the molecule is Cc1ccc(-n2c(C)nc3c(sc4nc(C)c(N=Nc5ccccc5)c(C)c43)c2=O)cc1. The average molecular weight is 440 g/mol. The van der Waals surface area contributed by atoms with E-state index in [1.807, 2.05) is 82.3 Å². The van der Waals surface area contributed by atoms with Crippen LogP contribution in [0.25, 0.3) is 26.1 Å². The molecular weight excluding hydrogens is 418 g/mol. The summed E-state index contributed by atoms with van der Waals surface area (Å²) in [5.41, 5.74) is 5.74. The third kappa shape index (κ3) is 3.31. The lowest BCUT2D eigenvalue weighted by molar-refractivity contribution is 0.898. The molecule has 158 valence electrons. The van der Waals surface area contributed by atoms with Gasteiger partial charge in [0.05, 0.1) is 22.6 Å². The second-order valence-electron chi connectivity index (χ2n) is 7.80. The van der Waals surface area contributed by atoms with Gasteiger partial charge in [-0.25, -0.2) is 9.97 Å². The quantitative estimate of drug-likeness (QED) is 0.296. The maximum atomic E-state index is 13.5. The summed E-state index contributed by atoms with van der Waals surface area (Å²) in [7, 11) is 0. The van der Waals surface area contributed by atoms with Crippen molar-refractivity contribution in [2.45, 2.75) is 27.7 Å². The lowest BCUT2D eigenvalue weighted by Crippen LogP contribution is -2.21. The van der Waals surface area contributed by atoms with Gasteiger partial charge in [-0.05, 0) is 57.5 Å². The number of azo groups is 1. The zero-order valence-electron chi connectivity index (χ0n) is 18.2. The smallest absolute Gasteiger partial charge is 0.267 e. The summed E-state index contributed by atoms with van der Waals surface area (Å²) in [5.74, 6) is 0.637. The van der Waals surface area contributed by atoms with Crippen LogP contribution in [-0.4, -0.2) is 14.5 Å². The van der Waals surface area contributed by atoms with Crippen molar-refractivity contribution < 1.29 is 0 Å². The fourth-order valence-electron chi connectivity index (χ4n) is 3.88. The average Bonchev–Trinajstić information content (AvgIpc) is 3.14. The Hall–Kier alpha value is -3.71. The summed E-state index contributed by atoms with van der Waals surface area (Å²) in [6.45, 7) is 7.79. The second-order valence-corrected chi connectivity index (χ2v) is 8.80. The topological polar surface area (TPSA) is 72.5 Å². The zero-order valence-corrected chi connectivity index (χ0v) is 19.1. The molecule has 0 saturated heterocycles. The minimum Gasteiger partial charge on any atom is -0.267 e. The maximum Gasteiger partial charge on any atom is 0.276 e. The predicted molar refractivity (Wildman–Crippen MR) is 130 cm³/mol. The van der Waals surface area contributed by atoms with Gasteiger partial charge >= 0.3 is 0 Å². The molecule has 0 saturated carbocycles. The van der Waals surface area contributed by atoms with Gasteiger partial charge in [-0.3, -0.25) is 9.36 Å². The molecule has 5 rings (SSSR count). The summed E-state index contributed by atoms with van der Waals surface area (Å²) in [6, 6.07) is 17.5. The third-order valence-electron chi connectivity index (χ3n) is 5.52. The van der Waals surface area contributed by atoms with Crippen LogP contribution in [0.5, 0.6) is 0 Å². The Labute approximate surface area is 188 Å². The van der Waals surface area contributed by atoms with Gasteiger partial charge in [-0.1, -0.05) is 35.9 Å². The number of thiophene rings is 1. The van der Waals surface area contributed by atoms with Crippen molar-refractivity contribution in [2.75, 3.05) is 0 Å². The van der Waals surface area contributed by atoms with Crippen LogP contribution in [0.15, 0.2) is 69.6 Å². The Bertz CT molecular complexity index is 1560. The van der Waals surface area contributed by atoms with E-state index in [-0.39, 0.29) is 5.56 Å². The first-order valence-corrected chi connectivity index (χ1v) is 11.1. The number of pyridine rings is 1. The van der Waals surface area contributed by atoms with Gasteiger partial charge in [0.1, 0.15) is 21.0 Å². The molecule has 0 radical (unpaired) electrons. The van der Waals surface area contributed by atoms with Crippen molar-refractivity contribution in [3.63, 3.8) is 0 Å². The van der Waals surface area contributed by atoms with Crippen molar-refractivity contribution in [3.05, 3.63) is 87.6 Å². The molecule has 0 bridgehead atoms. The fraction of sp³-hybridized carbons (Fsp3) is 0.160. The van der Waals surface area contributed by atoms with E-state index in [0.717, 1.165) is 38.4 Å². The minimum absolute atomic E-state index is 0.0798. The molecule has 6 nitrogen and oxygen atoms in total. The van der Waals surface area contributed by atoms with Crippen LogP contribution in [-0.2, 0) is 0 Å².